The van der Waals surface area contributed by atoms with Crippen molar-refractivity contribution >= 4 is 50.7 Å². The summed E-state index contributed by atoms with van der Waals surface area (Å²) in [6, 6.07) is 3.03. The van der Waals surface area contributed by atoms with Gasteiger partial charge in [0.25, 0.3) is 0 Å². The number of aromatic nitrogens is 5. The van der Waals surface area contributed by atoms with Crippen LogP contribution in [0.25, 0.3) is 16.2 Å². The number of amides is 2. The highest BCUT2D eigenvalue weighted by molar-refractivity contribution is 7.18. The molecule has 0 saturated heterocycles. The third-order valence-electron chi connectivity index (χ3n) is 4.61. The molecule has 0 aromatic carbocycles. The summed E-state index contributed by atoms with van der Waals surface area (Å²) in [5, 5.41) is 11.1. The van der Waals surface area contributed by atoms with E-state index in [0.717, 1.165) is 33.8 Å². The van der Waals surface area contributed by atoms with E-state index >= 15 is 0 Å². The number of rotatable bonds is 4. The van der Waals surface area contributed by atoms with Crippen molar-refractivity contribution in [2.24, 2.45) is 0 Å². The first-order valence-electron chi connectivity index (χ1n) is 9.08. The van der Waals surface area contributed by atoms with E-state index in [0.29, 0.717) is 28.1 Å². The molecule has 0 radical (unpaired) electrons. The molecule has 8 nitrogen and oxygen atoms in total. The molecule has 1 saturated carbocycles. The highest BCUT2D eigenvalue weighted by atomic mass is 35.5. The van der Waals surface area contributed by atoms with Gasteiger partial charge in [-0.05, 0) is 37.8 Å². The molecular formula is C19H16ClN7OS. The van der Waals surface area contributed by atoms with Crippen molar-refractivity contribution in [3.05, 3.63) is 52.5 Å². The number of halogens is 1. The molecule has 10 heteroatoms. The first-order valence-corrected chi connectivity index (χ1v) is 10.3. The van der Waals surface area contributed by atoms with E-state index in [1.165, 1.54) is 6.20 Å². The van der Waals surface area contributed by atoms with Gasteiger partial charge in [-0.1, -0.05) is 22.9 Å². The second-order valence-electron chi connectivity index (χ2n) is 6.81. The smallest absolute Gasteiger partial charge is 0.306 e. The Labute approximate surface area is 175 Å². The molecule has 0 atom stereocenters. The van der Waals surface area contributed by atoms with Crippen LogP contribution >= 0.6 is 22.9 Å². The zero-order valence-corrected chi connectivity index (χ0v) is 17.0. The third kappa shape index (κ3) is 3.54. The van der Waals surface area contributed by atoms with E-state index in [9.17, 15) is 4.79 Å². The van der Waals surface area contributed by atoms with Crippen molar-refractivity contribution in [2.45, 2.75) is 25.7 Å². The van der Waals surface area contributed by atoms with Crippen LogP contribution in [0.1, 0.15) is 29.3 Å². The molecule has 4 aromatic heterocycles. The van der Waals surface area contributed by atoms with Crippen molar-refractivity contribution < 1.29 is 4.79 Å². The van der Waals surface area contributed by atoms with Crippen molar-refractivity contribution in [3.8, 4) is 5.82 Å². The molecule has 1 fully saturated rings. The first-order chi connectivity index (χ1) is 14.1. The number of urea groups is 1. The van der Waals surface area contributed by atoms with Gasteiger partial charge in [-0.3, -0.25) is 0 Å². The van der Waals surface area contributed by atoms with Crippen molar-refractivity contribution in [2.75, 3.05) is 10.6 Å². The fourth-order valence-corrected chi connectivity index (χ4v) is 4.26. The van der Waals surface area contributed by atoms with Gasteiger partial charge < -0.3 is 10.6 Å². The Hall–Kier alpha value is -3.04. The molecule has 29 heavy (non-hydrogen) atoms. The van der Waals surface area contributed by atoms with E-state index in [1.807, 2.05) is 6.92 Å². The number of nitrogens with zero attached hydrogens (tertiary/aromatic N) is 5. The maximum atomic E-state index is 12.6. The van der Waals surface area contributed by atoms with Gasteiger partial charge in [-0.25, -0.2) is 24.4 Å². The van der Waals surface area contributed by atoms with Gasteiger partial charge in [-0.15, -0.1) is 0 Å². The Kier molecular flexibility index (Phi) is 4.40. The minimum atomic E-state index is -0.385. The van der Waals surface area contributed by atoms with Crippen LogP contribution in [0.15, 0.2) is 36.9 Å². The Morgan fingerprint density at radius 1 is 1.28 bits per heavy atom. The molecule has 1 aliphatic carbocycles. The molecule has 5 rings (SSSR count). The number of anilines is 2. The quantitative estimate of drug-likeness (QED) is 0.491. The number of aryl methyl sites for hydroxylation is 1. The van der Waals surface area contributed by atoms with Gasteiger partial charge in [0, 0.05) is 18.0 Å². The number of fused-ring (bicyclic) bond motifs is 1. The predicted octanol–water partition coefficient (Wildman–Crippen LogP) is 4.76. The minimum absolute atomic E-state index is 0.381. The van der Waals surface area contributed by atoms with Crippen LogP contribution in [-0.4, -0.2) is 30.8 Å². The summed E-state index contributed by atoms with van der Waals surface area (Å²) in [5.74, 6) is 0.911. The minimum Gasteiger partial charge on any atom is -0.306 e. The second-order valence-corrected chi connectivity index (χ2v) is 8.39. The monoisotopic (exact) mass is 425 g/mol. The van der Waals surface area contributed by atoms with Crippen molar-refractivity contribution in [3.63, 3.8) is 0 Å². The Morgan fingerprint density at radius 3 is 2.86 bits per heavy atom. The number of hydrogen-bond donors (Lipinski definition) is 2. The Morgan fingerprint density at radius 2 is 2.14 bits per heavy atom. The molecule has 0 spiro atoms. The average molecular weight is 426 g/mol. The number of carbonyl (C=O) groups excluding carboxylic acids is 1. The highest BCUT2D eigenvalue weighted by Crippen LogP contribution is 2.46. The fraction of sp³-hybridized carbons (Fsp3) is 0.211. The highest BCUT2D eigenvalue weighted by Gasteiger charge is 2.30. The summed E-state index contributed by atoms with van der Waals surface area (Å²) in [7, 11) is 0. The van der Waals surface area contributed by atoms with Gasteiger partial charge in [0.2, 0.25) is 0 Å². The molecule has 146 valence electrons. The summed E-state index contributed by atoms with van der Waals surface area (Å²) in [6.07, 6.45) is 8.83. The fourth-order valence-electron chi connectivity index (χ4n) is 3.23. The molecular weight excluding hydrogens is 410 g/mol. The van der Waals surface area contributed by atoms with E-state index in [1.54, 1.807) is 46.7 Å². The van der Waals surface area contributed by atoms with Crippen LogP contribution in [0, 0.1) is 6.92 Å². The lowest BCUT2D eigenvalue weighted by Gasteiger charge is -2.12. The molecule has 0 unspecified atom stereocenters. The summed E-state index contributed by atoms with van der Waals surface area (Å²) < 4.78 is 1.56. The number of carbonyl (C=O) groups is 1. The predicted molar refractivity (Wildman–Crippen MR) is 113 cm³/mol. The van der Waals surface area contributed by atoms with Crippen LogP contribution in [0.3, 0.4) is 0 Å². The maximum absolute atomic E-state index is 12.6. The zero-order valence-electron chi connectivity index (χ0n) is 15.4. The number of pyridine rings is 2. The molecule has 4 aromatic rings. The summed E-state index contributed by atoms with van der Waals surface area (Å²) in [5.41, 5.74) is 3.13. The summed E-state index contributed by atoms with van der Waals surface area (Å²) in [6.45, 7) is 1.96. The lowest BCUT2D eigenvalue weighted by Crippen LogP contribution is -2.20. The Balaban J connectivity index is 1.37. The van der Waals surface area contributed by atoms with Crippen LogP contribution in [0.5, 0.6) is 0 Å². The van der Waals surface area contributed by atoms with E-state index in [-0.39, 0.29) is 6.03 Å². The number of nitrogens with one attached hydrogen (secondary N) is 2. The average Bonchev–Trinajstić information content (AvgIpc) is 3.21. The normalized spacial score (nSPS) is 13.6. The van der Waals surface area contributed by atoms with E-state index in [2.05, 4.69) is 30.7 Å². The van der Waals surface area contributed by atoms with Crippen LogP contribution < -0.4 is 10.6 Å². The number of hydrogen-bond acceptors (Lipinski definition) is 6. The SMILES string of the molecule is Cc1nc2c(C3CC3)c(NC(=O)Nc3cnc(-n4cccn4)c(Cl)c3)cnc2s1. The van der Waals surface area contributed by atoms with Gasteiger partial charge in [0.15, 0.2) is 5.82 Å². The lowest BCUT2D eigenvalue weighted by atomic mass is 10.1. The summed E-state index contributed by atoms with van der Waals surface area (Å²) >= 11 is 7.86. The first kappa shape index (κ1) is 18.0. The van der Waals surface area contributed by atoms with Gasteiger partial charge >= 0.3 is 6.03 Å². The third-order valence-corrected chi connectivity index (χ3v) is 5.76. The Bertz CT molecular complexity index is 1220. The molecule has 2 N–H and O–H groups in total. The van der Waals surface area contributed by atoms with Crippen LogP contribution in [0.4, 0.5) is 16.2 Å². The standard InChI is InChI=1S/C19H16ClN7OS/c1-10-24-16-15(11-3-4-11)14(9-22-18(16)29-10)26-19(28)25-12-7-13(20)17(21-8-12)27-6-2-5-23-27/h2,5-9,11H,3-4H2,1H3,(H2,25,26,28). The van der Waals surface area contributed by atoms with Crippen molar-refractivity contribution in [1.82, 2.24) is 24.7 Å². The van der Waals surface area contributed by atoms with Crippen molar-refractivity contribution in [1.29, 1.82) is 0 Å². The van der Waals surface area contributed by atoms with E-state index in [4.69, 9.17) is 11.6 Å². The van der Waals surface area contributed by atoms with Gasteiger partial charge in [0.05, 0.1) is 33.8 Å². The van der Waals surface area contributed by atoms with E-state index < -0.39 is 0 Å². The lowest BCUT2D eigenvalue weighted by molar-refractivity contribution is 0.262. The molecule has 4 heterocycles. The topological polar surface area (TPSA) is 97.6 Å². The largest absolute Gasteiger partial charge is 0.323 e. The zero-order chi connectivity index (χ0) is 20.0. The second kappa shape index (κ2) is 7.09. The molecule has 0 aliphatic heterocycles. The number of thiazole rings is 1. The molecule has 0 bridgehead atoms. The van der Waals surface area contributed by atoms with Gasteiger partial charge in [0.1, 0.15) is 10.3 Å². The maximum Gasteiger partial charge on any atom is 0.323 e. The molecule has 1 aliphatic rings. The van der Waals surface area contributed by atoms with Crippen LogP contribution in [-0.2, 0) is 0 Å². The van der Waals surface area contributed by atoms with Gasteiger partial charge in [-0.2, -0.15) is 5.10 Å². The molecule has 2 amide bonds. The summed E-state index contributed by atoms with van der Waals surface area (Å²) in [4.78, 5) is 26.9. The van der Waals surface area contributed by atoms with Crippen LogP contribution in [0.2, 0.25) is 5.02 Å².